The number of aromatic nitrogens is 1. The first-order chi connectivity index (χ1) is 7.36. The molecule has 15 heavy (non-hydrogen) atoms. The van der Waals surface area contributed by atoms with Gasteiger partial charge in [0.1, 0.15) is 0 Å². The average Bonchev–Trinajstić information content (AvgIpc) is 2.81. The zero-order valence-corrected chi connectivity index (χ0v) is 9.50. The highest BCUT2D eigenvalue weighted by Crippen LogP contribution is 2.16. The summed E-state index contributed by atoms with van der Waals surface area (Å²) in [5, 5.41) is 3.47. The van der Waals surface area contributed by atoms with Gasteiger partial charge in [0.05, 0.1) is 5.51 Å². The van der Waals surface area contributed by atoms with E-state index in [1.807, 2.05) is 17.8 Å². The molecule has 1 N–H and O–H groups in total. The van der Waals surface area contributed by atoms with Gasteiger partial charge in [-0.3, -0.25) is 4.98 Å². The fraction of sp³-hybridized carbons (Fsp3) is 0.250. The van der Waals surface area contributed by atoms with Gasteiger partial charge in [-0.1, -0.05) is 30.3 Å². The summed E-state index contributed by atoms with van der Waals surface area (Å²) in [6.07, 6.45) is 1.92. The van der Waals surface area contributed by atoms with Crippen molar-refractivity contribution in [2.45, 2.75) is 19.5 Å². The Morgan fingerprint density at radius 3 is 2.80 bits per heavy atom. The second kappa shape index (κ2) is 5.05. The summed E-state index contributed by atoms with van der Waals surface area (Å²) in [5.41, 5.74) is 3.18. The van der Waals surface area contributed by atoms with Crippen molar-refractivity contribution < 1.29 is 0 Å². The lowest BCUT2D eigenvalue weighted by Gasteiger charge is -2.11. The molecule has 0 radical (unpaired) electrons. The van der Waals surface area contributed by atoms with Crippen molar-refractivity contribution in [2.24, 2.45) is 0 Å². The maximum atomic E-state index is 4.08. The molecule has 78 valence electrons. The molecule has 0 aliphatic heterocycles. The van der Waals surface area contributed by atoms with E-state index in [4.69, 9.17) is 0 Å². The molecule has 0 fully saturated rings. The number of thiazole rings is 1. The molecule has 0 saturated heterocycles. The van der Waals surface area contributed by atoms with Crippen LogP contribution in [0.1, 0.15) is 23.4 Å². The molecule has 0 spiro atoms. The molecule has 1 aromatic carbocycles. The van der Waals surface area contributed by atoms with Gasteiger partial charge in [0.25, 0.3) is 0 Å². The average molecular weight is 218 g/mol. The van der Waals surface area contributed by atoms with Crippen molar-refractivity contribution in [3.8, 4) is 0 Å². The highest BCUT2D eigenvalue weighted by Gasteiger charge is 2.05. The van der Waals surface area contributed by atoms with Gasteiger partial charge < -0.3 is 5.32 Å². The monoisotopic (exact) mass is 218 g/mol. The summed E-state index contributed by atoms with van der Waals surface area (Å²) in [6.45, 7) is 3.07. The van der Waals surface area contributed by atoms with E-state index in [0.717, 1.165) is 6.54 Å². The highest BCUT2D eigenvalue weighted by molar-refractivity contribution is 7.09. The van der Waals surface area contributed by atoms with E-state index in [-0.39, 0.29) is 0 Å². The topological polar surface area (TPSA) is 24.9 Å². The fourth-order valence-corrected chi connectivity index (χ4v) is 2.06. The van der Waals surface area contributed by atoms with Crippen LogP contribution < -0.4 is 5.32 Å². The molecule has 2 aromatic rings. The first-order valence-electron chi connectivity index (χ1n) is 5.02. The van der Waals surface area contributed by atoms with E-state index < -0.39 is 0 Å². The maximum absolute atomic E-state index is 4.08. The Morgan fingerprint density at radius 2 is 2.13 bits per heavy atom. The second-order valence-corrected chi connectivity index (χ2v) is 4.41. The van der Waals surface area contributed by atoms with Gasteiger partial charge >= 0.3 is 0 Å². The van der Waals surface area contributed by atoms with Crippen molar-refractivity contribution in [2.75, 3.05) is 0 Å². The van der Waals surface area contributed by atoms with E-state index in [9.17, 15) is 0 Å². The third-order valence-electron chi connectivity index (χ3n) is 2.33. The van der Waals surface area contributed by atoms with E-state index in [0.29, 0.717) is 6.04 Å². The van der Waals surface area contributed by atoms with Gasteiger partial charge in [-0.2, -0.15) is 0 Å². The quantitative estimate of drug-likeness (QED) is 0.853. The maximum Gasteiger partial charge on any atom is 0.0794 e. The van der Waals surface area contributed by atoms with Crippen LogP contribution in [0.25, 0.3) is 0 Å². The van der Waals surface area contributed by atoms with Gasteiger partial charge in [0.15, 0.2) is 0 Å². The lowest BCUT2D eigenvalue weighted by molar-refractivity contribution is 0.582. The van der Waals surface area contributed by atoms with E-state index in [1.165, 1.54) is 10.4 Å². The van der Waals surface area contributed by atoms with Crippen LogP contribution in [0.15, 0.2) is 42.0 Å². The molecule has 3 heteroatoms. The third-order valence-corrected chi connectivity index (χ3v) is 3.29. The zero-order chi connectivity index (χ0) is 10.5. The molecule has 1 unspecified atom stereocenters. The summed E-state index contributed by atoms with van der Waals surface area (Å²) in [7, 11) is 0. The molecule has 1 aromatic heterocycles. The van der Waals surface area contributed by atoms with Crippen molar-refractivity contribution in [1.82, 2.24) is 10.3 Å². The minimum Gasteiger partial charge on any atom is -0.305 e. The predicted octanol–water partition coefficient (Wildman–Crippen LogP) is 2.99. The van der Waals surface area contributed by atoms with E-state index in [2.05, 4.69) is 41.5 Å². The molecule has 0 aliphatic rings. The predicted molar refractivity (Wildman–Crippen MR) is 63.8 cm³/mol. The van der Waals surface area contributed by atoms with Gasteiger partial charge in [0.2, 0.25) is 0 Å². The van der Waals surface area contributed by atoms with Crippen molar-refractivity contribution >= 4 is 11.3 Å². The standard InChI is InChI=1S/C12H14N2S/c1-10(12-8-13-9-15-12)14-7-11-5-3-2-4-6-11/h2-6,8-10,14H,7H2,1H3. The van der Waals surface area contributed by atoms with Crippen LogP contribution in [0, 0.1) is 0 Å². The first kappa shape index (κ1) is 10.3. The van der Waals surface area contributed by atoms with E-state index >= 15 is 0 Å². The molecular weight excluding hydrogens is 204 g/mol. The van der Waals surface area contributed by atoms with Gasteiger partial charge in [0, 0.05) is 23.7 Å². The number of nitrogens with zero attached hydrogens (tertiary/aromatic N) is 1. The zero-order valence-electron chi connectivity index (χ0n) is 8.68. The van der Waals surface area contributed by atoms with Crippen molar-refractivity contribution in [3.63, 3.8) is 0 Å². The summed E-state index contributed by atoms with van der Waals surface area (Å²) in [5.74, 6) is 0. The summed E-state index contributed by atoms with van der Waals surface area (Å²) < 4.78 is 0. The second-order valence-electron chi connectivity index (χ2n) is 3.49. The molecule has 2 rings (SSSR count). The molecule has 0 amide bonds. The van der Waals surface area contributed by atoms with Gasteiger partial charge in [-0.15, -0.1) is 11.3 Å². The Morgan fingerprint density at radius 1 is 1.33 bits per heavy atom. The Labute approximate surface area is 94.0 Å². The summed E-state index contributed by atoms with van der Waals surface area (Å²) in [6, 6.07) is 10.8. The largest absolute Gasteiger partial charge is 0.305 e. The molecule has 2 nitrogen and oxygen atoms in total. The van der Waals surface area contributed by atoms with Crippen LogP contribution in [0.5, 0.6) is 0 Å². The van der Waals surface area contributed by atoms with Crippen LogP contribution in [-0.4, -0.2) is 4.98 Å². The molecule has 0 saturated carbocycles. The molecule has 0 bridgehead atoms. The Hall–Kier alpha value is -1.19. The number of hydrogen-bond donors (Lipinski definition) is 1. The first-order valence-corrected chi connectivity index (χ1v) is 5.90. The number of hydrogen-bond acceptors (Lipinski definition) is 3. The smallest absolute Gasteiger partial charge is 0.0794 e. The summed E-state index contributed by atoms with van der Waals surface area (Å²) >= 11 is 1.69. The third kappa shape index (κ3) is 2.88. The Kier molecular flexibility index (Phi) is 3.48. The van der Waals surface area contributed by atoms with Crippen LogP contribution in [0.2, 0.25) is 0 Å². The van der Waals surface area contributed by atoms with Gasteiger partial charge in [-0.25, -0.2) is 0 Å². The number of rotatable bonds is 4. The molecule has 0 aliphatic carbocycles. The van der Waals surface area contributed by atoms with Crippen molar-refractivity contribution in [1.29, 1.82) is 0 Å². The fourth-order valence-electron chi connectivity index (χ4n) is 1.41. The minimum atomic E-state index is 0.373. The minimum absolute atomic E-state index is 0.373. The lowest BCUT2D eigenvalue weighted by atomic mass is 10.2. The Bertz CT molecular complexity index is 383. The molecule has 1 atom stereocenters. The van der Waals surface area contributed by atoms with Crippen molar-refractivity contribution in [3.05, 3.63) is 52.5 Å². The number of benzene rings is 1. The molecule has 1 heterocycles. The van der Waals surface area contributed by atoms with Crippen LogP contribution in [0.4, 0.5) is 0 Å². The highest BCUT2D eigenvalue weighted by atomic mass is 32.1. The SMILES string of the molecule is CC(NCc1ccccc1)c1cncs1. The van der Waals surface area contributed by atoms with Gasteiger partial charge in [-0.05, 0) is 12.5 Å². The number of nitrogens with one attached hydrogen (secondary N) is 1. The summed E-state index contributed by atoms with van der Waals surface area (Å²) in [4.78, 5) is 5.36. The van der Waals surface area contributed by atoms with Crippen LogP contribution in [0.3, 0.4) is 0 Å². The van der Waals surface area contributed by atoms with Crippen LogP contribution >= 0.6 is 11.3 Å². The normalized spacial score (nSPS) is 12.6. The van der Waals surface area contributed by atoms with E-state index in [1.54, 1.807) is 11.3 Å². The Balaban J connectivity index is 1.89. The van der Waals surface area contributed by atoms with Crippen LogP contribution in [-0.2, 0) is 6.54 Å². The molecular formula is C12H14N2S. The lowest BCUT2D eigenvalue weighted by Crippen LogP contribution is -2.16.